The van der Waals surface area contributed by atoms with Crippen molar-refractivity contribution in [1.29, 1.82) is 0 Å². The fourth-order valence-electron chi connectivity index (χ4n) is 5.91. The SMILES string of the molecule is c1ccc2c(c1)-c1ccc3cc1C21c2ccccc2-c2ccc(cc21)COCCOC3. The van der Waals surface area contributed by atoms with E-state index in [-0.39, 0.29) is 5.41 Å². The molecule has 0 saturated heterocycles. The number of fused-ring (bicyclic) bond motifs is 6. The van der Waals surface area contributed by atoms with E-state index in [1.807, 2.05) is 0 Å². The molecule has 2 aliphatic carbocycles. The lowest BCUT2D eigenvalue weighted by Gasteiger charge is -2.31. The van der Waals surface area contributed by atoms with Gasteiger partial charge in [0, 0.05) is 0 Å². The highest BCUT2D eigenvalue weighted by molar-refractivity contribution is 5.95. The van der Waals surface area contributed by atoms with E-state index >= 15 is 0 Å². The molecular formula is C29H22O2. The van der Waals surface area contributed by atoms with Crippen molar-refractivity contribution in [3.63, 3.8) is 0 Å². The normalized spacial score (nSPS) is 17.2. The van der Waals surface area contributed by atoms with Gasteiger partial charge >= 0.3 is 0 Å². The van der Waals surface area contributed by atoms with Crippen LogP contribution in [0.15, 0.2) is 84.9 Å². The molecule has 150 valence electrons. The lowest BCUT2D eigenvalue weighted by Crippen LogP contribution is -2.26. The van der Waals surface area contributed by atoms with Crippen molar-refractivity contribution in [3.8, 4) is 22.3 Å². The summed E-state index contributed by atoms with van der Waals surface area (Å²) >= 11 is 0. The molecule has 4 aromatic rings. The average Bonchev–Trinajstić information content (AvgIpc) is 3.27. The van der Waals surface area contributed by atoms with Gasteiger partial charge in [0.05, 0.1) is 31.8 Å². The molecule has 0 unspecified atom stereocenters. The largest absolute Gasteiger partial charge is 0.374 e. The van der Waals surface area contributed by atoms with Gasteiger partial charge in [0.15, 0.2) is 0 Å². The molecule has 2 nitrogen and oxygen atoms in total. The van der Waals surface area contributed by atoms with Crippen LogP contribution in [0.5, 0.6) is 0 Å². The number of hydrogen-bond donors (Lipinski definition) is 0. The van der Waals surface area contributed by atoms with E-state index in [1.165, 1.54) is 55.6 Å². The highest BCUT2D eigenvalue weighted by atomic mass is 16.5. The molecular weight excluding hydrogens is 380 g/mol. The third-order valence-corrected chi connectivity index (χ3v) is 7.13. The maximum absolute atomic E-state index is 5.94. The second-order valence-electron chi connectivity index (χ2n) is 8.71. The van der Waals surface area contributed by atoms with Crippen LogP contribution >= 0.6 is 0 Å². The Balaban J connectivity index is 1.65. The molecule has 1 spiro atoms. The van der Waals surface area contributed by atoms with Gasteiger partial charge in [-0.05, 0) is 55.6 Å². The lowest BCUT2D eigenvalue weighted by molar-refractivity contribution is 0.0339. The van der Waals surface area contributed by atoms with E-state index in [1.54, 1.807) is 0 Å². The molecule has 4 bridgehead atoms. The standard InChI is InChI=1S/C29H22O2/c1-3-7-25-21(5-1)23-11-9-19-15-27(23)29(25)26-8-4-2-6-22(26)24-12-10-20(16-28(24)29)18-31-14-13-30-17-19/h1-12,15-16H,13-14,17-18H2. The molecule has 0 fully saturated rings. The molecule has 31 heavy (non-hydrogen) atoms. The summed E-state index contributed by atoms with van der Waals surface area (Å²) in [7, 11) is 0. The summed E-state index contributed by atoms with van der Waals surface area (Å²) in [6.45, 7) is 2.43. The van der Waals surface area contributed by atoms with Gasteiger partial charge in [-0.2, -0.15) is 0 Å². The predicted molar refractivity (Wildman–Crippen MR) is 122 cm³/mol. The van der Waals surface area contributed by atoms with E-state index in [9.17, 15) is 0 Å². The van der Waals surface area contributed by atoms with Gasteiger partial charge < -0.3 is 9.47 Å². The summed E-state index contributed by atoms with van der Waals surface area (Å²) in [6.07, 6.45) is 0. The first-order valence-electron chi connectivity index (χ1n) is 11.0. The second kappa shape index (κ2) is 6.40. The fraction of sp³-hybridized carbons (Fsp3) is 0.172. The molecule has 0 radical (unpaired) electrons. The predicted octanol–water partition coefficient (Wildman–Crippen LogP) is 6.08. The third kappa shape index (κ3) is 2.24. The number of benzene rings is 4. The van der Waals surface area contributed by atoms with Crippen molar-refractivity contribution in [2.24, 2.45) is 0 Å². The zero-order valence-electron chi connectivity index (χ0n) is 17.2. The summed E-state index contributed by atoms with van der Waals surface area (Å²) in [5.74, 6) is 0. The van der Waals surface area contributed by atoms with Crippen molar-refractivity contribution in [1.82, 2.24) is 0 Å². The molecule has 1 heterocycles. The van der Waals surface area contributed by atoms with E-state index < -0.39 is 0 Å². The molecule has 0 atom stereocenters. The summed E-state index contributed by atoms with van der Waals surface area (Å²) in [4.78, 5) is 0. The Hall–Kier alpha value is -3.20. The number of hydrogen-bond acceptors (Lipinski definition) is 2. The van der Waals surface area contributed by atoms with E-state index in [4.69, 9.17) is 9.47 Å². The Morgan fingerprint density at radius 3 is 1.45 bits per heavy atom. The van der Waals surface area contributed by atoms with E-state index in [0.29, 0.717) is 26.4 Å². The fourth-order valence-corrected chi connectivity index (χ4v) is 5.91. The maximum atomic E-state index is 5.94. The van der Waals surface area contributed by atoms with Crippen molar-refractivity contribution in [3.05, 3.63) is 118 Å². The van der Waals surface area contributed by atoms with Crippen molar-refractivity contribution in [2.75, 3.05) is 13.2 Å². The van der Waals surface area contributed by atoms with E-state index in [0.717, 1.165) is 0 Å². The molecule has 7 rings (SSSR count). The lowest BCUT2D eigenvalue weighted by atomic mass is 9.70. The van der Waals surface area contributed by atoms with Crippen molar-refractivity contribution >= 4 is 0 Å². The van der Waals surface area contributed by atoms with Crippen LogP contribution in [-0.2, 0) is 28.1 Å². The van der Waals surface area contributed by atoms with Crippen LogP contribution in [0.25, 0.3) is 22.3 Å². The Kier molecular flexibility index (Phi) is 3.61. The molecule has 3 aliphatic rings. The topological polar surface area (TPSA) is 18.5 Å². The average molecular weight is 402 g/mol. The van der Waals surface area contributed by atoms with Crippen LogP contribution in [0.1, 0.15) is 33.4 Å². The summed E-state index contributed by atoms with van der Waals surface area (Å²) in [6, 6.07) is 31.6. The highest BCUT2D eigenvalue weighted by Gasteiger charge is 2.51. The molecule has 2 heteroatoms. The van der Waals surface area contributed by atoms with Gasteiger partial charge in [0.2, 0.25) is 0 Å². The molecule has 0 amide bonds. The zero-order chi connectivity index (χ0) is 20.4. The van der Waals surface area contributed by atoms with Gasteiger partial charge in [-0.1, -0.05) is 84.9 Å². The van der Waals surface area contributed by atoms with Crippen molar-refractivity contribution < 1.29 is 9.47 Å². The minimum atomic E-state index is -0.294. The van der Waals surface area contributed by atoms with Gasteiger partial charge in [-0.15, -0.1) is 0 Å². The van der Waals surface area contributed by atoms with Gasteiger partial charge in [-0.3, -0.25) is 0 Å². The maximum Gasteiger partial charge on any atom is 0.0725 e. The Morgan fingerprint density at radius 1 is 0.484 bits per heavy atom. The molecule has 0 saturated carbocycles. The summed E-state index contributed by atoms with van der Waals surface area (Å²) in [5.41, 5.74) is 13.0. The second-order valence-corrected chi connectivity index (χ2v) is 8.71. The van der Waals surface area contributed by atoms with E-state index in [2.05, 4.69) is 84.9 Å². The Morgan fingerprint density at radius 2 is 0.935 bits per heavy atom. The van der Waals surface area contributed by atoms with Crippen LogP contribution in [0, 0.1) is 0 Å². The summed E-state index contributed by atoms with van der Waals surface area (Å²) < 4.78 is 11.9. The smallest absolute Gasteiger partial charge is 0.0725 e. The quantitative estimate of drug-likeness (QED) is 0.307. The van der Waals surface area contributed by atoms with Crippen LogP contribution in [0.3, 0.4) is 0 Å². The number of rotatable bonds is 0. The van der Waals surface area contributed by atoms with Crippen LogP contribution in [0.2, 0.25) is 0 Å². The molecule has 0 N–H and O–H groups in total. The minimum absolute atomic E-state index is 0.294. The Labute approximate surface area is 182 Å². The monoisotopic (exact) mass is 402 g/mol. The van der Waals surface area contributed by atoms with Crippen LogP contribution in [-0.4, -0.2) is 13.2 Å². The first kappa shape index (κ1) is 17.5. The highest BCUT2D eigenvalue weighted by Crippen LogP contribution is 2.62. The van der Waals surface area contributed by atoms with Crippen LogP contribution < -0.4 is 0 Å². The van der Waals surface area contributed by atoms with Gasteiger partial charge in [-0.25, -0.2) is 0 Å². The van der Waals surface area contributed by atoms with Gasteiger partial charge in [0.1, 0.15) is 0 Å². The third-order valence-electron chi connectivity index (χ3n) is 7.13. The Bertz CT molecular complexity index is 1250. The zero-order valence-corrected chi connectivity index (χ0v) is 17.2. The molecule has 0 aromatic heterocycles. The molecule has 4 aromatic carbocycles. The van der Waals surface area contributed by atoms with Crippen LogP contribution in [0.4, 0.5) is 0 Å². The number of ether oxygens (including phenoxy) is 2. The molecule has 1 aliphatic heterocycles. The first-order valence-corrected chi connectivity index (χ1v) is 11.0. The van der Waals surface area contributed by atoms with Gasteiger partial charge in [0.25, 0.3) is 0 Å². The van der Waals surface area contributed by atoms with Crippen molar-refractivity contribution in [2.45, 2.75) is 18.6 Å². The summed E-state index contributed by atoms with van der Waals surface area (Å²) in [5, 5.41) is 0. The minimum Gasteiger partial charge on any atom is -0.374 e. The first-order chi connectivity index (χ1) is 15.4.